The van der Waals surface area contributed by atoms with E-state index in [4.69, 9.17) is 9.47 Å². The molecule has 1 fully saturated rings. The lowest BCUT2D eigenvalue weighted by molar-refractivity contribution is -0.151. The average molecular weight is 285 g/mol. The van der Waals surface area contributed by atoms with Crippen molar-refractivity contribution in [1.82, 2.24) is 4.90 Å². The normalized spacial score (nSPS) is 23.4. The molecular weight excluding hydrogens is 258 g/mol. The third-order valence-corrected chi connectivity index (χ3v) is 3.44. The van der Waals surface area contributed by atoms with E-state index in [-0.39, 0.29) is 5.97 Å². The molecule has 116 valence electrons. The quantitative estimate of drug-likeness (QED) is 0.748. The van der Waals surface area contributed by atoms with Crippen LogP contribution in [0.1, 0.15) is 53.9 Å². The lowest BCUT2D eigenvalue weighted by Gasteiger charge is -2.38. The average Bonchev–Trinajstić information content (AvgIpc) is 2.36. The Morgan fingerprint density at radius 3 is 2.35 bits per heavy atom. The molecule has 5 heteroatoms. The fraction of sp³-hybridized carbons (Fsp3) is 0.867. The van der Waals surface area contributed by atoms with Gasteiger partial charge in [-0.25, -0.2) is 9.59 Å². The lowest BCUT2D eigenvalue weighted by Crippen LogP contribution is -2.52. The van der Waals surface area contributed by atoms with Gasteiger partial charge in [-0.3, -0.25) is 4.90 Å². The molecule has 0 aromatic heterocycles. The highest BCUT2D eigenvalue weighted by Crippen LogP contribution is 2.26. The Balaban J connectivity index is 2.81. The van der Waals surface area contributed by atoms with Gasteiger partial charge in [0, 0.05) is 6.54 Å². The molecule has 5 nitrogen and oxygen atoms in total. The smallest absolute Gasteiger partial charge is 0.411 e. The van der Waals surface area contributed by atoms with Crippen molar-refractivity contribution in [2.45, 2.75) is 65.5 Å². The summed E-state index contributed by atoms with van der Waals surface area (Å²) in [5, 5.41) is 0. The molecule has 0 spiro atoms. The molecule has 0 radical (unpaired) electrons. The molecule has 1 saturated heterocycles. The van der Waals surface area contributed by atoms with E-state index in [1.54, 1.807) is 11.8 Å². The van der Waals surface area contributed by atoms with Crippen molar-refractivity contribution in [1.29, 1.82) is 0 Å². The first-order chi connectivity index (χ1) is 9.28. The summed E-state index contributed by atoms with van der Waals surface area (Å²) in [5.74, 6) is 0.0982. The topological polar surface area (TPSA) is 55.8 Å². The van der Waals surface area contributed by atoms with E-state index in [9.17, 15) is 9.59 Å². The fourth-order valence-electron chi connectivity index (χ4n) is 2.39. The first-order valence-electron chi connectivity index (χ1n) is 7.44. The molecule has 0 saturated carbocycles. The largest absolute Gasteiger partial charge is 0.464 e. The standard InChI is InChI=1S/C15H27NO4/c1-6-11-8-9-12(13(17)19-7-2)16(10-11)14(18)20-15(3,4)5/h11-12H,6-10H2,1-5H3/t11-,12+/m1/s1. The van der Waals surface area contributed by atoms with Gasteiger partial charge in [0.1, 0.15) is 11.6 Å². The van der Waals surface area contributed by atoms with E-state index in [0.717, 1.165) is 12.8 Å². The zero-order chi connectivity index (χ0) is 15.3. The molecule has 0 aromatic rings. The molecule has 0 unspecified atom stereocenters. The van der Waals surface area contributed by atoms with Gasteiger partial charge in [-0.15, -0.1) is 0 Å². The maximum Gasteiger partial charge on any atom is 0.411 e. The van der Waals surface area contributed by atoms with Gasteiger partial charge in [0.25, 0.3) is 0 Å². The molecule has 0 N–H and O–H groups in total. The van der Waals surface area contributed by atoms with Crippen LogP contribution in [0.15, 0.2) is 0 Å². The number of esters is 1. The van der Waals surface area contributed by atoms with Crippen LogP contribution >= 0.6 is 0 Å². The molecular formula is C15H27NO4. The molecule has 1 heterocycles. The minimum atomic E-state index is -0.560. The van der Waals surface area contributed by atoms with E-state index in [2.05, 4.69) is 6.92 Å². The Bertz CT molecular complexity index is 348. The summed E-state index contributed by atoms with van der Waals surface area (Å²) in [6.07, 6.45) is 2.17. The highest BCUT2D eigenvalue weighted by atomic mass is 16.6. The van der Waals surface area contributed by atoms with Crippen LogP contribution in [0.5, 0.6) is 0 Å². The Kier molecular flexibility index (Phi) is 5.84. The van der Waals surface area contributed by atoms with Gasteiger partial charge < -0.3 is 9.47 Å². The molecule has 1 aliphatic heterocycles. The van der Waals surface area contributed by atoms with Crippen LogP contribution in [-0.4, -0.2) is 41.8 Å². The number of likely N-dealkylation sites (tertiary alicyclic amines) is 1. The molecule has 0 aliphatic carbocycles. The van der Waals surface area contributed by atoms with Gasteiger partial charge >= 0.3 is 12.1 Å². The van der Waals surface area contributed by atoms with E-state index < -0.39 is 17.7 Å². The van der Waals surface area contributed by atoms with Gasteiger partial charge in [0.2, 0.25) is 0 Å². The number of ether oxygens (including phenoxy) is 2. The highest BCUT2D eigenvalue weighted by molar-refractivity contribution is 5.81. The van der Waals surface area contributed by atoms with Crippen molar-refractivity contribution >= 4 is 12.1 Å². The Morgan fingerprint density at radius 1 is 1.20 bits per heavy atom. The van der Waals surface area contributed by atoms with Crippen LogP contribution in [0.2, 0.25) is 0 Å². The zero-order valence-electron chi connectivity index (χ0n) is 13.3. The van der Waals surface area contributed by atoms with Crippen molar-refractivity contribution in [3.05, 3.63) is 0 Å². The fourth-order valence-corrected chi connectivity index (χ4v) is 2.39. The number of carbonyl (C=O) groups excluding carboxylic acids is 2. The summed E-state index contributed by atoms with van der Waals surface area (Å²) >= 11 is 0. The minimum absolute atomic E-state index is 0.326. The molecule has 1 amide bonds. The summed E-state index contributed by atoms with van der Waals surface area (Å²) in [5.41, 5.74) is -0.560. The first-order valence-corrected chi connectivity index (χ1v) is 7.44. The number of piperidine rings is 1. The highest BCUT2D eigenvalue weighted by Gasteiger charge is 2.38. The van der Waals surface area contributed by atoms with Crippen LogP contribution < -0.4 is 0 Å². The van der Waals surface area contributed by atoms with E-state index in [1.165, 1.54) is 0 Å². The number of nitrogens with zero attached hydrogens (tertiary/aromatic N) is 1. The van der Waals surface area contributed by atoms with Crippen LogP contribution in [0.4, 0.5) is 4.79 Å². The maximum absolute atomic E-state index is 12.3. The SMILES string of the molecule is CCOC(=O)[C@@H]1CC[C@@H](CC)CN1C(=O)OC(C)(C)C. The summed E-state index contributed by atoms with van der Waals surface area (Å²) in [4.78, 5) is 25.8. The first kappa shape index (κ1) is 16.8. The molecule has 1 rings (SSSR count). The second-order valence-corrected chi connectivity index (χ2v) is 6.25. The van der Waals surface area contributed by atoms with Crippen molar-refractivity contribution in [3.8, 4) is 0 Å². The number of hydrogen-bond acceptors (Lipinski definition) is 4. The summed E-state index contributed by atoms with van der Waals surface area (Å²) in [6.45, 7) is 10.2. The predicted molar refractivity (Wildman–Crippen MR) is 76.4 cm³/mol. The van der Waals surface area contributed by atoms with Crippen LogP contribution in [0.3, 0.4) is 0 Å². The van der Waals surface area contributed by atoms with Crippen LogP contribution in [0, 0.1) is 5.92 Å². The number of rotatable bonds is 3. The maximum atomic E-state index is 12.3. The van der Waals surface area contributed by atoms with Crippen LogP contribution in [-0.2, 0) is 14.3 Å². The van der Waals surface area contributed by atoms with Crippen molar-refractivity contribution < 1.29 is 19.1 Å². The zero-order valence-corrected chi connectivity index (χ0v) is 13.3. The van der Waals surface area contributed by atoms with Crippen molar-refractivity contribution in [3.63, 3.8) is 0 Å². The number of carbonyl (C=O) groups is 2. The molecule has 1 aliphatic rings. The monoisotopic (exact) mass is 285 g/mol. The van der Waals surface area contributed by atoms with Gasteiger partial charge in [-0.1, -0.05) is 13.3 Å². The van der Waals surface area contributed by atoms with E-state index >= 15 is 0 Å². The Labute approximate surface area is 121 Å². The van der Waals surface area contributed by atoms with Crippen LogP contribution in [0.25, 0.3) is 0 Å². The van der Waals surface area contributed by atoms with Crippen molar-refractivity contribution in [2.24, 2.45) is 5.92 Å². The molecule has 0 aromatic carbocycles. The second kappa shape index (κ2) is 6.95. The van der Waals surface area contributed by atoms with Gasteiger partial charge in [0.05, 0.1) is 6.61 Å². The lowest BCUT2D eigenvalue weighted by atomic mass is 9.91. The summed E-state index contributed by atoms with van der Waals surface area (Å²) in [7, 11) is 0. The molecule has 0 bridgehead atoms. The molecule has 20 heavy (non-hydrogen) atoms. The third-order valence-electron chi connectivity index (χ3n) is 3.44. The Hall–Kier alpha value is -1.26. The van der Waals surface area contributed by atoms with Crippen molar-refractivity contribution in [2.75, 3.05) is 13.2 Å². The minimum Gasteiger partial charge on any atom is -0.464 e. The van der Waals surface area contributed by atoms with Gasteiger partial charge in [-0.05, 0) is 46.5 Å². The predicted octanol–water partition coefficient (Wildman–Crippen LogP) is 2.98. The summed E-state index contributed by atoms with van der Waals surface area (Å²) < 4.78 is 10.5. The summed E-state index contributed by atoms with van der Waals surface area (Å²) in [6, 6.07) is -0.507. The van der Waals surface area contributed by atoms with Gasteiger partial charge in [-0.2, -0.15) is 0 Å². The van der Waals surface area contributed by atoms with Gasteiger partial charge in [0.15, 0.2) is 0 Å². The van der Waals surface area contributed by atoms with E-state index in [0.29, 0.717) is 25.5 Å². The molecule has 2 atom stereocenters. The Morgan fingerprint density at radius 2 is 1.85 bits per heavy atom. The number of amides is 1. The van der Waals surface area contributed by atoms with E-state index in [1.807, 2.05) is 20.8 Å². The second-order valence-electron chi connectivity index (χ2n) is 6.25. The number of hydrogen-bond donors (Lipinski definition) is 0. The third kappa shape index (κ3) is 4.69.